The van der Waals surface area contributed by atoms with Crippen molar-refractivity contribution in [3.8, 4) is 0 Å². The number of aliphatic imine (C=N–C) groups is 1. The molecule has 1 aromatic carbocycles. The van der Waals surface area contributed by atoms with Crippen LogP contribution in [0, 0.1) is 0 Å². The molecule has 2 N–H and O–H groups in total. The Morgan fingerprint density at radius 2 is 2.35 bits per heavy atom. The molecular formula is C11H10N4O2. The number of hydrogen-bond acceptors (Lipinski definition) is 5. The maximum absolute atomic E-state index is 10.7. The van der Waals surface area contributed by atoms with Crippen LogP contribution in [0.4, 0.5) is 16.2 Å². The molecule has 0 unspecified atom stereocenters. The molecule has 0 saturated heterocycles. The van der Waals surface area contributed by atoms with E-state index in [2.05, 4.69) is 31.4 Å². The molecular weight excluding hydrogens is 220 g/mol. The molecule has 1 aliphatic rings. The van der Waals surface area contributed by atoms with Crippen molar-refractivity contribution in [1.82, 2.24) is 5.43 Å². The number of anilines is 1. The van der Waals surface area contributed by atoms with E-state index in [1.54, 1.807) is 6.21 Å². The summed E-state index contributed by atoms with van der Waals surface area (Å²) in [6.07, 6.45) is 0.927. The number of fused-ring (bicyclic) bond motifs is 1. The average molecular weight is 230 g/mol. The summed E-state index contributed by atoms with van der Waals surface area (Å²) < 4.78 is 4.35. The summed E-state index contributed by atoms with van der Waals surface area (Å²) in [5.74, 6) is 2.60. The minimum atomic E-state index is -0.647. The minimum Gasteiger partial charge on any atom is -0.452 e. The molecule has 0 saturated carbocycles. The molecule has 6 nitrogen and oxygen atoms in total. The highest BCUT2D eigenvalue weighted by Gasteiger charge is 2.06. The van der Waals surface area contributed by atoms with Crippen molar-refractivity contribution in [2.24, 2.45) is 10.1 Å². The van der Waals surface area contributed by atoms with E-state index >= 15 is 0 Å². The van der Waals surface area contributed by atoms with Gasteiger partial charge in [-0.3, -0.25) is 4.99 Å². The highest BCUT2D eigenvalue weighted by Crippen LogP contribution is 2.27. The van der Waals surface area contributed by atoms with Gasteiger partial charge >= 0.3 is 6.09 Å². The van der Waals surface area contributed by atoms with E-state index in [1.807, 2.05) is 24.3 Å². The van der Waals surface area contributed by atoms with Gasteiger partial charge in [0.1, 0.15) is 5.70 Å². The van der Waals surface area contributed by atoms with Crippen LogP contribution in [-0.2, 0) is 4.74 Å². The quantitative estimate of drug-likeness (QED) is 0.568. The molecule has 0 radical (unpaired) electrons. The summed E-state index contributed by atoms with van der Waals surface area (Å²) in [6, 6.07) is 7.58. The Hall–Kier alpha value is -2.59. The fourth-order valence-corrected chi connectivity index (χ4v) is 1.24. The van der Waals surface area contributed by atoms with Crippen molar-refractivity contribution < 1.29 is 9.53 Å². The van der Waals surface area contributed by atoms with E-state index in [0.29, 0.717) is 5.70 Å². The number of hydrogen-bond donors (Lipinski definition) is 2. The topological polar surface area (TPSA) is 75.1 Å². The third kappa shape index (κ3) is 2.70. The normalized spacial score (nSPS) is 11.9. The second-order valence-corrected chi connectivity index (χ2v) is 3.14. The lowest BCUT2D eigenvalue weighted by atomic mass is 10.2. The SMILES string of the molecule is COC(=O)NN=C=C1C=Nc2ccccc2N1. The number of rotatable bonds is 1. The van der Waals surface area contributed by atoms with Crippen LogP contribution < -0.4 is 10.7 Å². The number of methoxy groups -OCH3 is 1. The van der Waals surface area contributed by atoms with Gasteiger partial charge in [-0.25, -0.2) is 10.2 Å². The standard InChI is InChI=1S/C11H10N4O2/c1-17-11(16)15-13-7-8-6-12-9-4-2-3-5-10(9)14-8/h2-6,14H,1H3,(H,15,16). The molecule has 1 aliphatic heterocycles. The third-order valence-electron chi connectivity index (χ3n) is 2.02. The highest BCUT2D eigenvalue weighted by molar-refractivity contribution is 5.99. The maximum atomic E-state index is 10.7. The van der Waals surface area contributed by atoms with Crippen LogP contribution >= 0.6 is 0 Å². The zero-order chi connectivity index (χ0) is 12.1. The van der Waals surface area contributed by atoms with Crippen LogP contribution in [0.25, 0.3) is 0 Å². The summed E-state index contributed by atoms with van der Waals surface area (Å²) in [5, 5.41) is 6.63. The lowest BCUT2D eigenvalue weighted by Crippen LogP contribution is -2.16. The van der Waals surface area contributed by atoms with Gasteiger partial charge in [0.25, 0.3) is 0 Å². The number of carbonyl (C=O) groups excluding carboxylic acids is 1. The van der Waals surface area contributed by atoms with E-state index in [0.717, 1.165) is 11.4 Å². The molecule has 1 amide bonds. The predicted molar refractivity (Wildman–Crippen MR) is 64.7 cm³/mol. The van der Waals surface area contributed by atoms with Crippen molar-refractivity contribution >= 4 is 29.6 Å². The zero-order valence-corrected chi connectivity index (χ0v) is 9.10. The summed E-state index contributed by atoms with van der Waals surface area (Å²) in [7, 11) is 1.26. The Balaban J connectivity index is 2.13. The summed E-state index contributed by atoms with van der Waals surface area (Å²) in [5.41, 5.74) is 4.40. The summed E-state index contributed by atoms with van der Waals surface area (Å²) >= 11 is 0. The number of para-hydroxylation sites is 2. The first-order valence-corrected chi connectivity index (χ1v) is 4.86. The Morgan fingerprint density at radius 3 is 3.18 bits per heavy atom. The Bertz CT molecular complexity index is 530. The number of carbonyl (C=O) groups is 1. The number of ether oxygens (including phenoxy) is 1. The molecule has 86 valence electrons. The number of benzene rings is 1. The molecule has 0 atom stereocenters. The van der Waals surface area contributed by atoms with E-state index < -0.39 is 6.09 Å². The van der Waals surface area contributed by atoms with Crippen LogP contribution in [0.15, 0.2) is 40.1 Å². The van der Waals surface area contributed by atoms with Gasteiger partial charge < -0.3 is 10.1 Å². The Labute approximate surface area is 97.7 Å². The van der Waals surface area contributed by atoms with Crippen molar-refractivity contribution in [2.45, 2.75) is 0 Å². The third-order valence-corrected chi connectivity index (χ3v) is 2.02. The second-order valence-electron chi connectivity index (χ2n) is 3.14. The van der Waals surface area contributed by atoms with Gasteiger partial charge in [0, 0.05) is 5.87 Å². The van der Waals surface area contributed by atoms with Gasteiger partial charge in [-0.15, -0.1) is 5.10 Å². The molecule has 0 aliphatic carbocycles. The van der Waals surface area contributed by atoms with Gasteiger partial charge in [-0.05, 0) is 12.1 Å². The van der Waals surface area contributed by atoms with Gasteiger partial charge in [0.15, 0.2) is 0 Å². The molecule has 1 aromatic rings. The Kier molecular flexibility index (Phi) is 3.18. The van der Waals surface area contributed by atoms with Crippen molar-refractivity contribution in [3.05, 3.63) is 30.0 Å². The molecule has 0 bridgehead atoms. The van der Waals surface area contributed by atoms with E-state index in [-0.39, 0.29) is 0 Å². The maximum Gasteiger partial charge on any atom is 0.428 e. The number of amides is 1. The van der Waals surface area contributed by atoms with Crippen molar-refractivity contribution in [2.75, 3.05) is 12.4 Å². The second kappa shape index (κ2) is 4.96. The summed E-state index contributed by atoms with van der Waals surface area (Å²) in [4.78, 5) is 14.9. The first-order chi connectivity index (χ1) is 8.29. The van der Waals surface area contributed by atoms with Crippen LogP contribution in [0.5, 0.6) is 0 Å². The predicted octanol–water partition coefficient (Wildman–Crippen LogP) is 1.64. The smallest absolute Gasteiger partial charge is 0.428 e. The molecule has 1 heterocycles. The van der Waals surface area contributed by atoms with E-state index in [4.69, 9.17) is 0 Å². The number of nitrogens with zero attached hydrogens (tertiary/aromatic N) is 2. The van der Waals surface area contributed by atoms with Crippen LogP contribution in [0.2, 0.25) is 0 Å². The number of allylic oxidation sites excluding steroid dienone is 1. The Morgan fingerprint density at radius 1 is 1.53 bits per heavy atom. The average Bonchev–Trinajstić information content (AvgIpc) is 2.38. The minimum absolute atomic E-state index is 0.556. The number of nitrogens with one attached hydrogen (secondary N) is 2. The first-order valence-electron chi connectivity index (χ1n) is 4.86. The van der Waals surface area contributed by atoms with Crippen molar-refractivity contribution in [1.29, 1.82) is 0 Å². The molecule has 0 spiro atoms. The molecule has 2 rings (SSSR count). The number of hydrazone groups is 1. The van der Waals surface area contributed by atoms with E-state index in [9.17, 15) is 4.79 Å². The first kappa shape index (κ1) is 10.9. The van der Waals surface area contributed by atoms with Crippen LogP contribution in [0.1, 0.15) is 0 Å². The van der Waals surface area contributed by atoms with Gasteiger partial charge in [-0.2, -0.15) is 0 Å². The van der Waals surface area contributed by atoms with E-state index in [1.165, 1.54) is 7.11 Å². The lowest BCUT2D eigenvalue weighted by Gasteiger charge is -2.11. The lowest BCUT2D eigenvalue weighted by molar-refractivity contribution is 0.171. The summed E-state index contributed by atoms with van der Waals surface area (Å²) in [6.45, 7) is 0. The molecule has 6 heteroatoms. The monoisotopic (exact) mass is 230 g/mol. The largest absolute Gasteiger partial charge is 0.452 e. The molecule has 17 heavy (non-hydrogen) atoms. The van der Waals surface area contributed by atoms with Gasteiger partial charge in [0.2, 0.25) is 0 Å². The van der Waals surface area contributed by atoms with Crippen LogP contribution in [0.3, 0.4) is 0 Å². The van der Waals surface area contributed by atoms with Gasteiger partial charge in [-0.1, -0.05) is 12.1 Å². The highest BCUT2D eigenvalue weighted by atomic mass is 16.5. The molecule has 0 aromatic heterocycles. The fraction of sp³-hybridized carbons (Fsp3) is 0.0909. The molecule has 0 fully saturated rings. The fourth-order valence-electron chi connectivity index (χ4n) is 1.24. The van der Waals surface area contributed by atoms with Crippen molar-refractivity contribution in [3.63, 3.8) is 0 Å². The zero-order valence-electron chi connectivity index (χ0n) is 9.10. The van der Waals surface area contributed by atoms with Crippen LogP contribution in [-0.4, -0.2) is 25.3 Å². The van der Waals surface area contributed by atoms with Gasteiger partial charge in [0.05, 0.1) is 24.7 Å².